The van der Waals surface area contributed by atoms with E-state index in [-0.39, 0.29) is 25.0 Å². The molecule has 0 aliphatic rings. The molecule has 0 atom stereocenters. The molecule has 0 fully saturated rings. The lowest BCUT2D eigenvalue weighted by Crippen LogP contribution is -2.44. The second-order valence-electron chi connectivity index (χ2n) is 8.61. The SMILES string of the molecule is C=CCN(CC(=O)N(CCc1ccc(OC)c(OC)c1)Cc1sccc1C)C(=O)Nc1ccc(OC)cc1. The van der Waals surface area contributed by atoms with Crippen LogP contribution in [-0.4, -0.2) is 62.7 Å². The van der Waals surface area contributed by atoms with Crippen LogP contribution in [-0.2, 0) is 17.8 Å². The van der Waals surface area contributed by atoms with Crippen LogP contribution in [0.5, 0.6) is 17.2 Å². The monoisotopic (exact) mass is 537 g/mol. The van der Waals surface area contributed by atoms with Gasteiger partial charge in [0.25, 0.3) is 0 Å². The number of benzene rings is 2. The lowest BCUT2D eigenvalue weighted by Gasteiger charge is -2.27. The van der Waals surface area contributed by atoms with Gasteiger partial charge < -0.3 is 29.3 Å². The molecule has 0 radical (unpaired) electrons. The van der Waals surface area contributed by atoms with Crippen LogP contribution in [0.3, 0.4) is 0 Å². The van der Waals surface area contributed by atoms with Gasteiger partial charge in [0, 0.05) is 23.7 Å². The second-order valence-corrected chi connectivity index (χ2v) is 9.61. The number of ether oxygens (including phenoxy) is 3. The van der Waals surface area contributed by atoms with E-state index in [9.17, 15) is 9.59 Å². The zero-order valence-corrected chi connectivity index (χ0v) is 23.2. The topological polar surface area (TPSA) is 80.3 Å². The molecular formula is C29H35N3O5S. The van der Waals surface area contributed by atoms with Crippen molar-refractivity contribution in [1.82, 2.24) is 9.80 Å². The van der Waals surface area contributed by atoms with E-state index in [1.54, 1.807) is 67.9 Å². The Balaban J connectivity index is 1.74. The van der Waals surface area contributed by atoms with Crippen LogP contribution in [0.1, 0.15) is 16.0 Å². The van der Waals surface area contributed by atoms with Gasteiger partial charge in [0.15, 0.2) is 11.5 Å². The number of methoxy groups -OCH3 is 3. The predicted molar refractivity (Wildman–Crippen MR) is 152 cm³/mol. The van der Waals surface area contributed by atoms with Crippen molar-refractivity contribution in [3.05, 3.63) is 82.6 Å². The number of anilines is 1. The zero-order chi connectivity index (χ0) is 27.5. The maximum absolute atomic E-state index is 13.6. The molecule has 0 spiro atoms. The van der Waals surface area contributed by atoms with Crippen molar-refractivity contribution in [3.8, 4) is 17.2 Å². The van der Waals surface area contributed by atoms with E-state index in [0.717, 1.165) is 16.0 Å². The van der Waals surface area contributed by atoms with Crippen LogP contribution < -0.4 is 19.5 Å². The molecule has 3 amide bonds. The highest BCUT2D eigenvalue weighted by Crippen LogP contribution is 2.28. The quantitative estimate of drug-likeness (QED) is 0.297. The summed E-state index contributed by atoms with van der Waals surface area (Å²) in [4.78, 5) is 31.0. The zero-order valence-electron chi connectivity index (χ0n) is 22.4. The molecule has 0 aliphatic heterocycles. The summed E-state index contributed by atoms with van der Waals surface area (Å²) in [5.41, 5.74) is 2.76. The third-order valence-electron chi connectivity index (χ3n) is 6.08. The molecule has 3 rings (SSSR count). The summed E-state index contributed by atoms with van der Waals surface area (Å²) in [6, 6.07) is 14.4. The summed E-state index contributed by atoms with van der Waals surface area (Å²) in [5, 5.41) is 4.87. The summed E-state index contributed by atoms with van der Waals surface area (Å²) < 4.78 is 15.9. The van der Waals surface area contributed by atoms with Crippen molar-refractivity contribution < 1.29 is 23.8 Å². The molecule has 0 unspecified atom stereocenters. The standard InChI is InChI=1S/C29H35N3O5S/c1-6-15-32(29(34)30-23-8-10-24(35-3)11-9-23)20-28(33)31(19-27-21(2)14-17-38-27)16-13-22-7-12-25(36-4)26(18-22)37-5/h6-12,14,17-18H,1,13,15-16,19-20H2,2-5H3,(H,30,34). The summed E-state index contributed by atoms with van der Waals surface area (Å²) in [5.74, 6) is 1.84. The van der Waals surface area contributed by atoms with Gasteiger partial charge in [0.2, 0.25) is 5.91 Å². The van der Waals surface area contributed by atoms with Gasteiger partial charge in [-0.15, -0.1) is 17.9 Å². The van der Waals surface area contributed by atoms with E-state index in [4.69, 9.17) is 14.2 Å². The number of hydrogen-bond acceptors (Lipinski definition) is 6. The maximum atomic E-state index is 13.6. The molecule has 0 saturated heterocycles. The van der Waals surface area contributed by atoms with Crippen LogP contribution in [0.4, 0.5) is 10.5 Å². The van der Waals surface area contributed by atoms with Crippen molar-refractivity contribution in [2.24, 2.45) is 0 Å². The van der Waals surface area contributed by atoms with Crippen LogP contribution >= 0.6 is 11.3 Å². The fourth-order valence-electron chi connectivity index (χ4n) is 3.85. The van der Waals surface area contributed by atoms with E-state index in [0.29, 0.717) is 42.4 Å². The van der Waals surface area contributed by atoms with E-state index in [1.807, 2.05) is 36.6 Å². The second kappa shape index (κ2) is 14.1. The highest BCUT2D eigenvalue weighted by Gasteiger charge is 2.22. The Morgan fingerprint density at radius 2 is 1.71 bits per heavy atom. The average Bonchev–Trinajstić information content (AvgIpc) is 3.34. The Kier molecular flexibility index (Phi) is 10.6. The number of carbonyl (C=O) groups is 2. The highest BCUT2D eigenvalue weighted by molar-refractivity contribution is 7.10. The molecule has 0 saturated carbocycles. The molecule has 1 N–H and O–H groups in total. The van der Waals surface area contributed by atoms with Gasteiger partial charge in [-0.1, -0.05) is 12.1 Å². The lowest BCUT2D eigenvalue weighted by atomic mass is 10.1. The Labute approximate surface area is 228 Å². The van der Waals surface area contributed by atoms with Gasteiger partial charge in [-0.25, -0.2) is 4.79 Å². The van der Waals surface area contributed by atoms with E-state index in [1.165, 1.54) is 4.90 Å². The number of amides is 3. The molecule has 202 valence electrons. The summed E-state index contributed by atoms with van der Waals surface area (Å²) in [6.07, 6.45) is 2.23. The third kappa shape index (κ3) is 7.76. The number of hydrogen-bond donors (Lipinski definition) is 1. The van der Waals surface area contributed by atoms with Crippen LogP contribution in [0, 0.1) is 6.92 Å². The van der Waals surface area contributed by atoms with Crippen molar-refractivity contribution >= 4 is 29.0 Å². The van der Waals surface area contributed by atoms with Crippen LogP contribution in [0.15, 0.2) is 66.6 Å². The Hall–Kier alpha value is -3.98. The summed E-state index contributed by atoms with van der Waals surface area (Å²) in [6.45, 7) is 6.90. The molecule has 9 heteroatoms. The van der Waals surface area contributed by atoms with Crippen molar-refractivity contribution in [3.63, 3.8) is 0 Å². The maximum Gasteiger partial charge on any atom is 0.322 e. The van der Waals surface area contributed by atoms with Crippen LogP contribution in [0.25, 0.3) is 0 Å². The lowest BCUT2D eigenvalue weighted by molar-refractivity contribution is -0.132. The molecular weight excluding hydrogens is 502 g/mol. The normalized spacial score (nSPS) is 10.4. The fraction of sp³-hybridized carbons (Fsp3) is 0.310. The number of nitrogens with zero attached hydrogens (tertiary/aromatic N) is 2. The Bertz CT molecular complexity index is 1230. The molecule has 8 nitrogen and oxygen atoms in total. The molecule has 1 aromatic heterocycles. The van der Waals surface area contributed by atoms with E-state index in [2.05, 4.69) is 11.9 Å². The number of thiophene rings is 1. The van der Waals surface area contributed by atoms with Crippen LogP contribution in [0.2, 0.25) is 0 Å². The van der Waals surface area contributed by atoms with Gasteiger partial charge >= 0.3 is 6.03 Å². The number of nitrogens with one attached hydrogen (secondary N) is 1. The van der Waals surface area contributed by atoms with Crippen molar-refractivity contribution in [1.29, 1.82) is 0 Å². The molecule has 0 bridgehead atoms. The number of carbonyl (C=O) groups excluding carboxylic acids is 2. The molecule has 1 heterocycles. The fourth-order valence-corrected chi connectivity index (χ4v) is 4.77. The summed E-state index contributed by atoms with van der Waals surface area (Å²) in [7, 11) is 4.78. The molecule has 2 aromatic carbocycles. The third-order valence-corrected chi connectivity index (χ3v) is 7.09. The molecule has 3 aromatic rings. The molecule has 38 heavy (non-hydrogen) atoms. The smallest absolute Gasteiger partial charge is 0.322 e. The van der Waals surface area contributed by atoms with E-state index >= 15 is 0 Å². The number of urea groups is 1. The van der Waals surface area contributed by atoms with Crippen molar-refractivity contribution in [2.45, 2.75) is 19.9 Å². The number of rotatable bonds is 13. The first-order chi connectivity index (χ1) is 18.4. The summed E-state index contributed by atoms with van der Waals surface area (Å²) >= 11 is 1.62. The Morgan fingerprint density at radius 3 is 2.32 bits per heavy atom. The average molecular weight is 538 g/mol. The highest BCUT2D eigenvalue weighted by atomic mass is 32.1. The number of aryl methyl sites for hydroxylation is 1. The van der Waals surface area contributed by atoms with Gasteiger partial charge in [0.05, 0.1) is 27.9 Å². The Morgan fingerprint density at radius 1 is 0.974 bits per heavy atom. The minimum Gasteiger partial charge on any atom is -0.497 e. The van der Waals surface area contributed by atoms with Crippen molar-refractivity contribution in [2.75, 3.05) is 46.3 Å². The van der Waals surface area contributed by atoms with Gasteiger partial charge in [-0.3, -0.25) is 4.79 Å². The van der Waals surface area contributed by atoms with Gasteiger partial charge in [-0.2, -0.15) is 0 Å². The largest absolute Gasteiger partial charge is 0.497 e. The molecule has 0 aliphatic carbocycles. The van der Waals surface area contributed by atoms with Gasteiger partial charge in [-0.05, 0) is 72.3 Å². The minimum absolute atomic E-state index is 0.0790. The first-order valence-electron chi connectivity index (χ1n) is 12.2. The first kappa shape index (κ1) is 28.6. The minimum atomic E-state index is -0.379. The predicted octanol–water partition coefficient (Wildman–Crippen LogP) is 5.37. The van der Waals surface area contributed by atoms with Gasteiger partial charge in [0.1, 0.15) is 12.3 Å². The first-order valence-corrected chi connectivity index (χ1v) is 13.1. The van der Waals surface area contributed by atoms with E-state index < -0.39 is 0 Å².